The second-order valence-electron chi connectivity index (χ2n) is 1.31. The van der Waals surface area contributed by atoms with E-state index >= 15 is 0 Å². The Kier molecular flexibility index (Phi) is 8.36. The summed E-state index contributed by atoms with van der Waals surface area (Å²) in [6.45, 7) is 0. The van der Waals surface area contributed by atoms with Crippen molar-refractivity contribution in [2.75, 3.05) is 14.1 Å². The van der Waals surface area contributed by atoms with Crippen LogP contribution < -0.4 is 5.43 Å². The molecule has 0 unspecified atom stereocenters. The van der Waals surface area contributed by atoms with Gasteiger partial charge in [0.2, 0.25) is 0 Å². The quantitative estimate of drug-likeness (QED) is 0.270. The molecule has 0 aromatic rings. The Morgan fingerprint density at radius 3 is 2.00 bits per heavy atom. The molecule has 2 nitrogen and oxygen atoms in total. The van der Waals surface area contributed by atoms with Crippen LogP contribution in [0.15, 0.2) is 0 Å². The summed E-state index contributed by atoms with van der Waals surface area (Å²) in [6.07, 6.45) is 0. The molecule has 0 radical (unpaired) electrons. The molecule has 0 heterocycles. The monoisotopic (exact) mass is 194 g/mol. The van der Waals surface area contributed by atoms with Crippen LogP contribution in [-0.4, -0.2) is 23.4 Å². The van der Waals surface area contributed by atoms with Gasteiger partial charge in [-0.1, -0.05) is 12.2 Å². The van der Waals surface area contributed by atoms with Gasteiger partial charge in [0.05, 0.1) is 0 Å². The van der Waals surface area contributed by atoms with Gasteiger partial charge in [0.25, 0.3) is 0 Å². The van der Waals surface area contributed by atoms with Crippen molar-refractivity contribution >= 4 is 29.2 Å². The third kappa shape index (κ3) is 9.85. The van der Waals surface area contributed by atoms with Crippen molar-refractivity contribution in [3.63, 3.8) is 0 Å². The number of thiol groups is 1. The minimum Gasteiger partial charge on any atom is -0.305 e. The number of nitrogens with zero attached hydrogens (tertiary/aromatic N) is 1. The molecule has 0 aliphatic carbocycles. The van der Waals surface area contributed by atoms with Crippen molar-refractivity contribution in [3.8, 4) is 0 Å². The minimum absolute atomic E-state index is 0. The van der Waals surface area contributed by atoms with E-state index in [1.54, 1.807) is 5.01 Å². The molecule has 52 valence electrons. The molecule has 0 amide bonds. The second-order valence-corrected chi connectivity index (χ2v) is 2.47. The van der Waals surface area contributed by atoms with Crippen LogP contribution in [0.2, 0.25) is 0 Å². The summed E-state index contributed by atoms with van der Waals surface area (Å²) in [6, 6.07) is 0. The molecule has 0 atom stereocenters. The third-order valence-electron chi connectivity index (χ3n) is 0.319. The Bertz CT molecular complexity index is 75.7. The number of hydrazine groups is 1. The fourth-order valence-corrected chi connectivity index (χ4v) is 0.574. The zero-order valence-electron chi connectivity index (χ0n) is 4.62. The summed E-state index contributed by atoms with van der Waals surface area (Å²) in [4.78, 5) is 0. The molecule has 5 heteroatoms. The van der Waals surface area contributed by atoms with Gasteiger partial charge >= 0.3 is 0 Å². The van der Waals surface area contributed by atoms with Crippen LogP contribution in [0.1, 0.15) is 0 Å². The zero-order chi connectivity index (χ0) is 5.86. The molecular formula is C3H8N2NiS2. The SMILES string of the molecule is CN(C)NC(=S)S.[Ni]. The Balaban J connectivity index is 0. The molecular weight excluding hydrogens is 187 g/mol. The number of thiocarbonyl (C=S) groups is 1. The largest absolute Gasteiger partial charge is 0.305 e. The molecule has 0 aliphatic heterocycles. The van der Waals surface area contributed by atoms with Gasteiger partial charge in [0, 0.05) is 30.6 Å². The summed E-state index contributed by atoms with van der Waals surface area (Å²) in [5.41, 5.74) is 2.73. The predicted molar refractivity (Wildman–Crippen MR) is 38.4 cm³/mol. The Morgan fingerprint density at radius 1 is 1.62 bits per heavy atom. The minimum atomic E-state index is 0. The van der Waals surface area contributed by atoms with Gasteiger partial charge in [-0.3, -0.25) is 0 Å². The Morgan fingerprint density at radius 2 is 2.00 bits per heavy atom. The Hall–Kier alpha value is 0.694. The summed E-state index contributed by atoms with van der Waals surface area (Å²) >= 11 is 8.40. The molecule has 0 aliphatic rings. The van der Waals surface area contributed by atoms with Crippen LogP contribution in [0.4, 0.5) is 0 Å². The number of nitrogens with one attached hydrogen (secondary N) is 1. The van der Waals surface area contributed by atoms with Crippen LogP contribution in [0.25, 0.3) is 0 Å². The van der Waals surface area contributed by atoms with Crippen LogP contribution in [0.3, 0.4) is 0 Å². The molecule has 0 bridgehead atoms. The normalized spacial score (nSPS) is 8.00. The van der Waals surface area contributed by atoms with Crippen molar-refractivity contribution in [1.82, 2.24) is 10.4 Å². The first-order chi connectivity index (χ1) is 3.13. The molecule has 0 saturated carbocycles. The summed E-state index contributed by atoms with van der Waals surface area (Å²) in [5.74, 6) is 0. The van der Waals surface area contributed by atoms with Crippen LogP contribution in [0.5, 0.6) is 0 Å². The number of hydrogen-bond donors (Lipinski definition) is 2. The van der Waals surface area contributed by atoms with E-state index in [2.05, 4.69) is 30.3 Å². The van der Waals surface area contributed by atoms with E-state index in [4.69, 9.17) is 0 Å². The van der Waals surface area contributed by atoms with E-state index in [9.17, 15) is 0 Å². The fraction of sp³-hybridized carbons (Fsp3) is 0.667. The molecule has 0 fully saturated rings. The molecule has 0 saturated heterocycles. The van der Waals surface area contributed by atoms with Gasteiger partial charge < -0.3 is 5.43 Å². The average molecular weight is 195 g/mol. The molecule has 0 aromatic carbocycles. The van der Waals surface area contributed by atoms with Gasteiger partial charge in [-0.05, 0) is 0 Å². The summed E-state index contributed by atoms with van der Waals surface area (Å²) < 4.78 is 0.491. The molecule has 1 N–H and O–H groups in total. The molecule has 0 rings (SSSR count). The van der Waals surface area contributed by atoms with Gasteiger partial charge in [0.15, 0.2) is 0 Å². The second kappa shape index (κ2) is 5.82. The van der Waals surface area contributed by atoms with E-state index in [1.807, 2.05) is 14.1 Å². The third-order valence-corrected chi connectivity index (χ3v) is 0.511. The Labute approximate surface area is 70.3 Å². The van der Waals surface area contributed by atoms with Gasteiger partial charge in [0.1, 0.15) is 4.32 Å². The van der Waals surface area contributed by atoms with Crippen molar-refractivity contribution in [1.29, 1.82) is 0 Å². The maximum atomic E-state index is 4.58. The van der Waals surface area contributed by atoms with Crippen LogP contribution in [0, 0.1) is 0 Å². The zero-order valence-corrected chi connectivity index (χ0v) is 7.32. The van der Waals surface area contributed by atoms with Crippen molar-refractivity contribution in [2.24, 2.45) is 0 Å². The van der Waals surface area contributed by atoms with Gasteiger partial charge in [-0.15, -0.1) is 12.6 Å². The maximum Gasteiger partial charge on any atom is 0.145 e. The first kappa shape index (κ1) is 11.5. The van der Waals surface area contributed by atoms with Crippen LogP contribution in [-0.2, 0) is 16.5 Å². The standard InChI is InChI=1S/C3H8N2S2.Ni/c1-5(2)4-3(6)7;/h1-2H3,(H2,4,6,7);. The first-order valence-electron chi connectivity index (χ1n) is 1.80. The van der Waals surface area contributed by atoms with E-state index in [0.29, 0.717) is 4.32 Å². The van der Waals surface area contributed by atoms with E-state index in [1.165, 1.54) is 0 Å². The fourth-order valence-electron chi connectivity index (χ4n) is 0.191. The average Bonchev–Trinajstić information content (AvgIpc) is 1.27. The van der Waals surface area contributed by atoms with E-state index < -0.39 is 0 Å². The number of rotatable bonds is 1. The van der Waals surface area contributed by atoms with E-state index in [-0.39, 0.29) is 16.5 Å². The van der Waals surface area contributed by atoms with Crippen LogP contribution >= 0.6 is 24.8 Å². The first-order valence-corrected chi connectivity index (χ1v) is 2.65. The smallest absolute Gasteiger partial charge is 0.145 e. The van der Waals surface area contributed by atoms with Gasteiger partial charge in [-0.25, -0.2) is 5.01 Å². The van der Waals surface area contributed by atoms with Gasteiger partial charge in [-0.2, -0.15) is 0 Å². The summed E-state index contributed by atoms with van der Waals surface area (Å²) in [5, 5.41) is 1.73. The van der Waals surface area contributed by atoms with Crippen molar-refractivity contribution in [3.05, 3.63) is 0 Å². The molecule has 0 spiro atoms. The topological polar surface area (TPSA) is 15.3 Å². The van der Waals surface area contributed by atoms with Crippen molar-refractivity contribution in [2.45, 2.75) is 0 Å². The summed E-state index contributed by atoms with van der Waals surface area (Å²) in [7, 11) is 3.70. The van der Waals surface area contributed by atoms with E-state index in [0.717, 1.165) is 0 Å². The van der Waals surface area contributed by atoms with Crippen molar-refractivity contribution < 1.29 is 16.5 Å². The number of hydrogen-bond acceptors (Lipinski definition) is 2. The maximum absolute atomic E-state index is 4.58. The molecule has 0 aromatic heterocycles. The predicted octanol–water partition coefficient (Wildman–Crippen LogP) is 0.265. The molecule has 8 heavy (non-hydrogen) atoms.